The van der Waals surface area contributed by atoms with Crippen LogP contribution in [0.3, 0.4) is 0 Å². The van der Waals surface area contributed by atoms with E-state index in [0.29, 0.717) is 5.56 Å². The minimum absolute atomic E-state index is 0.0139. The van der Waals surface area contributed by atoms with Crippen molar-refractivity contribution in [3.8, 4) is 5.75 Å². The summed E-state index contributed by atoms with van der Waals surface area (Å²) < 4.78 is 50.1. The summed E-state index contributed by atoms with van der Waals surface area (Å²) in [5.74, 6) is -0.278. The Morgan fingerprint density at radius 1 is 1.31 bits per heavy atom. The molecule has 2 aromatic heterocycles. The van der Waals surface area contributed by atoms with Crippen molar-refractivity contribution in [1.82, 2.24) is 19.5 Å². The lowest BCUT2D eigenvalue weighted by Gasteiger charge is -2.19. The van der Waals surface area contributed by atoms with E-state index in [-0.39, 0.29) is 66.4 Å². The second-order valence-corrected chi connectivity index (χ2v) is 10.4. The number of anilines is 1. The number of rotatable bonds is 13. The minimum Gasteiger partial charge on any atom is -0.494 e. The van der Waals surface area contributed by atoms with Crippen molar-refractivity contribution in [3.63, 3.8) is 0 Å². The third-order valence-corrected chi connectivity index (χ3v) is 6.91. The SMILES string of the molecule is COc1ccc(COP(=O)(COCCn2cnc3c(=O)[nH]c(N)nc32)OCCSC(C)=O)cc1F. The molecule has 0 aliphatic heterocycles. The van der Waals surface area contributed by atoms with Gasteiger partial charge in [0.1, 0.15) is 6.35 Å². The normalized spacial score (nSPS) is 13.1. The van der Waals surface area contributed by atoms with Gasteiger partial charge in [-0.15, -0.1) is 0 Å². The van der Waals surface area contributed by atoms with Crippen molar-refractivity contribution in [2.45, 2.75) is 20.1 Å². The average molecular weight is 529 g/mol. The van der Waals surface area contributed by atoms with E-state index in [1.165, 1.54) is 32.5 Å². The number of H-pyrrole nitrogens is 1. The molecule has 2 heterocycles. The van der Waals surface area contributed by atoms with Gasteiger partial charge < -0.3 is 28.8 Å². The van der Waals surface area contributed by atoms with Gasteiger partial charge in [-0.1, -0.05) is 17.8 Å². The molecule has 0 spiro atoms. The van der Waals surface area contributed by atoms with Crippen molar-refractivity contribution in [2.24, 2.45) is 0 Å². The summed E-state index contributed by atoms with van der Waals surface area (Å²) in [6, 6.07) is 4.21. The molecule has 3 N–H and O–H groups in total. The lowest BCUT2D eigenvalue weighted by atomic mass is 10.2. The Balaban J connectivity index is 1.60. The number of imidazole rings is 1. The monoisotopic (exact) mass is 529 g/mol. The number of ether oxygens (including phenoxy) is 2. The summed E-state index contributed by atoms with van der Waals surface area (Å²) in [6.07, 6.45) is 1.03. The highest BCUT2D eigenvalue weighted by Gasteiger charge is 2.26. The maximum Gasteiger partial charge on any atom is 0.356 e. The third-order valence-electron chi connectivity index (χ3n) is 4.54. The molecule has 190 valence electrons. The number of carbonyl (C=O) groups is 1. The highest BCUT2D eigenvalue weighted by Crippen LogP contribution is 2.49. The predicted molar refractivity (Wildman–Crippen MR) is 128 cm³/mol. The molecule has 1 aromatic carbocycles. The Morgan fingerprint density at radius 2 is 2.11 bits per heavy atom. The van der Waals surface area contributed by atoms with E-state index in [0.717, 1.165) is 11.8 Å². The molecular weight excluding hydrogens is 504 g/mol. The first kappa shape index (κ1) is 26.8. The largest absolute Gasteiger partial charge is 0.494 e. The molecule has 0 aliphatic carbocycles. The number of hydrogen-bond donors (Lipinski definition) is 2. The van der Waals surface area contributed by atoms with Crippen LogP contribution in [0.1, 0.15) is 12.5 Å². The third kappa shape index (κ3) is 7.61. The number of benzene rings is 1. The van der Waals surface area contributed by atoms with E-state index >= 15 is 0 Å². The number of methoxy groups -OCH3 is 1. The van der Waals surface area contributed by atoms with Crippen LogP contribution in [0.15, 0.2) is 29.3 Å². The van der Waals surface area contributed by atoms with Crippen LogP contribution in [0, 0.1) is 5.82 Å². The van der Waals surface area contributed by atoms with Crippen molar-refractivity contribution in [3.05, 3.63) is 46.3 Å². The summed E-state index contributed by atoms with van der Waals surface area (Å²) in [7, 11) is -2.42. The molecule has 0 bridgehead atoms. The van der Waals surface area contributed by atoms with Crippen molar-refractivity contribution in [2.75, 3.05) is 38.2 Å². The summed E-state index contributed by atoms with van der Waals surface area (Å²) in [4.78, 5) is 33.4. The number of aromatic nitrogens is 4. The molecular formula is C20H25FN5O7PS. The van der Waals surface area contributed by atoms with Gasteiger partial charge in [-0.2, -0.15) is 4.98 Å². The molecule has 1 unspecified atom stereocenters. The van der Waals surface area contributed by atoms with E-state index in [2.05, 4.69) is 15.0 Å². The van der Waals surface area contributed by atoms with E-state index < -0.39 is 19.0 Å². The van der Waals surface area contributed by atoms with Crippen LogP contribution in [0.25, 0.3) is 11.2 Å². The number of nitrogen functional groups attached to an aromatic ring is 1. The Bertz CT molecular complexity index is 1280. The Kier molecular flexibility index (Phi) is 9.40. The van der Waals surface area contributed by atoms with E-state index in [1.807, 2.05) is 0 Å². The van der Waals surface area contributed by atoms with Gasteiger partial charge in [0.2, 0.25) is 5.95 Å². The first-order valence-corrected chi connectivity index (χ1v) is 13.0. The van der Waals surface area contributed by atoms with Gasteiger partial charge in [-0.05, 0) is 17.7 Å². The number of nitrogens with two attached hydrogens (primary N) is 1. The molecule has 35 heavy (non-hydrogen) atoms. The molecule has 1 atom stereocenters. The zero-order chi connectivity index (χ0) is 25.4. The van der Waals surface area contributed by atoms with Gasteiger partial charge in [0.05, 0.1) is 33.3 Å². The summed E-state index contributed by atoms with van der Waals surface area (Å²) >= 11 is 1.02. The second-order valence-electron chi connectivity index (χ2n) is 7.13. The van der Waals surface area contributed by atoms with Crippen LogP contribution < -0.4 is 16.0 Å². The highest BCUT2D eigenvalue weighted by molar-refractivity contribution is 8.13. The summed E-state index contributed by atoms with van der Waals surface area (Å²) in [5, 5.41) is -0.102. The highest BCUT2D eigenvalue weighted by atomic mass is 32.2. The number of halogens is 1. The summed E-state index contributed by atoms with van der Waals surface area (Å²) in [5.41, 5.74) is 5.96. The Hall–Kier alpha value is -2.77. The van der Waals surface area contributed by atoms with Crippen LogP contribution in [0.4, 0.5) is 10.3 Å². The Morgan fingerprint density at radius 3 is 2.83 bits per heavy atom. The van der Waals surface area contributed by atoms with Gasteiger partial charge in [-0.25, -0.2) is 9.37 Å². The van der Waals surface area contributed by atoms with E-state index in [9.17, 15) is 18.5 Å². The number of nitrogens with one attached hydrogen (secondary N) is 1. The molecule has 12 nitrogen and oxygen atoms in total. The molecule has 0 saturated heterocycles. The fraction of sp³-hybridized carbons (Fsp3) is 0.400. The maximum atomic E-state index is 14.0. The molecule has 0 fully saturated rings. The fourth-order valence-corrected chi connectivity index (χ4v) is 4.79. The summed E-state index contributed by atoms with van der Waals surface area (Å²) in [6.45, 7) is 1.50. The average Bonchev–Trinajstić information content (AvgIpc) is 3.21. The first-order valence-electron chi connectivity index (χ1n) is 10.3. The van der Waals surface area contributed by atoms with Gasteiger partial charge in [-0.3, -0.25) is 19.1 Å². The van der Waals surface area contributed by atoms with E-state index in [4.69, 9.17) is 24.3 Å². The number of fused-ring (bicyclic) bond motifs is 1. The second kappa shape index (κ2) is 12.3. The molecule has 15 heteroatoms. The number of aromatic amines is 1. The predicted octanol–water partition coefficient (Wildman–Crippen LogP) is 2.53. The lowest BCUT2D eigenvalue weighted by molar-refractivity contribution is -0.109. The van der Waals surface area contributed by atoms with Crippen molar-refractivity contribution in [1.29, 1.82) is 0 Å². The lowest BCUT2D eigenvalue weighted by Crippen LogP contribution is -2.13. The number of nitrogens with zero attached hydrogens (tertiary/aromatic N) is 3. The molecule has 0 amide bonds. The smallest absolute Gasteiger partial charge is 0.356 e. The van der Waals surface area contributed by atoms with Gasteiger partial charge >= 0.3 is 7.60 Å². The van der Waals surface area contributed by atoms with E-state index in [1.54, 1.807) is 10.6 Å². The Labute approximate surface area is 203 Å². The van der Waals surface area contributed by atoms with Crippen LogP contribution in [0.2, 0.25) is 0 Å². The first-order chi connectivity index (χ1) is 16.7. The quantitative estimate of drug-likeness (QED) is 0.247. The standard InChI is InChI=1S/C20H25FN5O7PS/c1-13(27)35-8-7-32-34(29,33-10-14-3-4-16(30-2)15(21)9-14)12-31-6-5-26-11-23-17-18(26)24-20(22)25-19(17)28/h3-4,9,11H,5-8,10,12H2,1-2H3,(H3,22,24,25,28). The molecule has 0 aliphatic rings. The van der Waals surface area contributed by atoms with Crippen LogP contribution in [-0.4, -0.2) is 57.1 Å². The molecule has 3 aromatic rings. The molecule has 0 radical (unpaired) electrons. The number of hydrogen-bond acceptors (Lipinski definition) is 11. The van der Waals surface area contributed by atoms with Crippen LogP contribution >= 0.6 is 19.4 Å². The van der Waals surface area contributed by atoms with Gasteiger partial charge in [0.25, 0.3) is 5.56 Å². The topological polar surface area (TPSA) is 161 Å². The zero-order valence-electron chi connectivity index (χ0n) is 19.1. The van der Waals surface area contributed by atoms with Crippen molar-refractivity contribution < 1.29 is 32.3 Å². The van der Waals surface area contributed by atoms with Gasteiger partial charge in [0, 0.05) is 19.2 Å². The molecule has 0 saturated carbocycles. The molecule has 3 rings (SSSR count). The number of carbonyl (C=O) groups excluding carboxylic acids is 1. The van der Waals surface area contributed by atoms with Crippen molar-refractivity contribution >= 4 is 41.6 Å². The fourth-order valence-electron chi connectivity index (χ4n) is 2.92. The zero-order valence-corrected chi connectivity index (χ0v) is 20.8. The maximum absolute atomic E-state index is 14.0. The minimum atomic E-state index is -3.76. The van der Waals surface area contributed by atoms with Crippen LogP contribution in [-0.2, 0) is 36.3 Å². The van der Waals surface area contributed by atoms with Crippen LogP contribution in [0.5, 0.6) is 5.75 Å². The number of thioether (sulfide) groups is 1. The van der Waals surface area contributed by atoms with Gasteiger partial charge in [0.15, 0.2) is 27.8 Å².